The van der Waals surface area contributed by atoms with E-state index in [1.54, 1.807) is 0 Å². The summed E-state index contributed by atoms with van der Waals surface area (Å²) in [5.41, 5.74) is 4.36. The first kappa shape index (κ1) is 8.76. The third-order valence-electron chi connectivity index (χ3n) is 2.99. The molecule has 0 aliphatic heterocycles. The molecule has 0 aromatic heterocycles. The van der Waals surface area contributed by atoms with E-state index in [4.69, 9.17) is 5.11 Å². The second kappa shape index (κ2) is 3.51. The standard InChI is InChI=1S/C12H16O/c1-9(8-13)11-6-2-4-10-5-3-7-12(10)11/h2,4,6,9,13H,3,5,7-8H2,1H3. The van der Waals surface area contributed by atoms with Crippen molar-refractivity contribution in [3.8, 4) is 0 Å². The molecule has 13 heavy (non-hydrogen) atoms. The average molecular weight is 176 g/mol. The van der Waals surface area contributed by atoms with Gasteiger partial charge in [-0.1, -0.05) is 25.1 Å². The molecule has 70 valence electrons. The van der Waals surface area contributed by atoms with E-state index in [9.17, 15) is 0 Å². The van der Waals surface area contributed by atoms with Crippen LogP contribution >= 0.6 is 0 Å². The Morgan fingerprint density at radius 2 is 2.23 bits per heavy atom. The molecule has 0 spiro atoms. The van der Waals surface area contributed by atoms with Gasteiger partial charge in [0.2, 0.25) is 0 Å². The molecule has 0 saturated heterocycles. The predicted octanol–water partition coefficient (Wildman–Crippen LogP) is 2.27. The quantitative estimate of drug-likeness (QED) is 0.733. The van der Waals surface area contributed by atoms with Crippen LogP contribution in [0.5, 0.6) is 0 Å². The number of benzene rings is 1. The van der Waals surface area contributed by atoms with Gasteiger partial charge < -0.3 is 5.11 Å². The SMILES string of the molecule is CC(CO)c1cccc2c1CCC2. The third kappa shape index (κ3) is 1.49. The minimum Gasteiger partial charge on any atom is -0.396 e. The van der Waals surface area contributed by atoms with Gasteiger partial charge >= 0.3 is 0 Å². The van der Waals surface area contributed by atoms with Crippen LogP contribution in [-0.2, 0) is 12.8 Å². The largest absolute Gasteiger partial charge is 0.396 e. The summed E-state index contributed by atoms with van der Waals surface area (Å²) in [6, 6.07) is 6.49. The predicted molar refractivity (Wildman–Crippen MR) is 54.0 cm³/mol. The molecule has 1 atom stereocenters. The molecular weight excluding hydrogens is 160 g/mol. The molecule has 1 aliphatic carbocycles. The van der Waals surface area contributed by atoms with E-state index < -0.39 is 0 Å². The number of aliphatic hydroxyl groups excluding tert-OH is 1. The molecule has 2 rings (SSSR count). The minimum atomic E-state index is 0.260. The number of fused-ring (bicyclic) bond motifs is 1. The van der Waals surface area contributed by atoms with Crippen LogP contribution in [-0.4, -0.2) is 11.7 Å². The molecule has 0 heterocycles. The Morgan fingerprint density at radius 1 is 1.38 bits per heavy atom. The van der Waals surface area contributed by atoms with Crippen LogP contribution in [0.2, 0.25) is 0 Å². The lowest BCUT2D eigenvalue weighted by Crippen LogP contribution is -2.02. The fraction of sp³-hybridized carbons (Fsp3) is 0.500. The van der Waals surface area contributed by atoms with Crippen molar-refractivity contribution < 1.29 is 5.11 Å². The second-order valence-corrected chi connectivity index (χ2v) is 3.92. The van der Waals surface area contributed by atoms with Crippen LogP contribution in [0.4, 0.5) is 0 Å². The van der Waals surface area contributed by atoms with Crippen molar-refractivity contribution in [2.75, 3.05) is 6.61 Å². The van der Waals surface area contributed by atoms with Crippen LogP contribution in [0.15, 0.2) is 18.2 Å². The van der Waals surface area contributed by atoms with Gasteiger partial charge in [0.1, 0.15) is 0 Å². The number of aliphatic hydroxyl groups is 1. The highest BCUT2D eigenvalue weighted by Crippen LogP contribution is 2.29. The number of hydrogen-bond donors (Lipinski definition) is 1. The summed E-state index contributed by atoms with van der Waals surface area (Å²) in [5.74, 6) is 0.299. The normalized spacial score (nSPS) is 17.1. The van der Waals surface area contributed by atoms with E-state index in [1.807, 2.05) is 0 Å². The Hall–Kier alpha value is -0.820. The van der Waals surface area contributed by atoms with Crippen LogP contribution < -0.4 is 0 Å². The molecular formula is C12H16O. The maximum atomic E-state index is 9.12. The van der Waals surface area contributed by atoms with Crippen molar-refractivity contribution in [3.05, 3.63) is 34.9 Å². The van der Waals surface area contributed by atoms with Crippen LogP contribution in [0.1, 0.15) is 36.0 Å². The average Bonchev–Trinajstić information content (AvgIpc) is 2.63. The van der Waals surface area contributed by atoms with Gasteiger partial charge in [0, 0.05) is 12.5 Å². The van der Waals surface area contributed by atoms with Crippen molar-refractivity contribution in [3.63, 3.8) is 0 Å². The van der Waals surface area contributed by atoms with Crippen molar-refractivity contribution in [2.45, 2.75) is 32.1 Å². The first-order chi connectivity index (χ1) is 6.33. The molecule has 1 heteroatoms. The van der Waals surface area contributed by atoms with Crippen LogP contribution in [0.25, 0.3) is 0 Å². The highest BCUT2D eigenvalue weighted by Gasteiger charge is 2.16. The Morgan fingerprint density at radius 3 is 3.00 bits per heavy atom. The third-order valence-corrected chi connectivity index (χ3v) is 2.99. The van der Waals surface area contributed by atoms with Gasteiger partial charge in [0.05, 0.1) is 0 Å². The molecule has 0 saturated carbocycles. The lowest BCUT2D eigenvalue weighted by Gasteiger charge is -2.13. The summed E-state index contributed by atoms with van der Waals surface area (Å²) < 4.78 is 0. The molecule has 0 fully saturated rings. The van der Waals surface area contributed by atoms with E-state index in [0.717, 1.165) is 0 Å². The van der Waals surface area contributed by atoms with Gasteiger partial charge in [0.25, 0.3) is 0 Å². The molecule has 1 aromatic carbocycles. The van der Waals surface area contributed by atoms with E-state index in [1.165, 1.54) is 36.0 Å². The molecule has 0 amide bonds. The zero-order valence-electron chi connectivity index (χ0n) is 8.09. The van der Waals surface area contributed by atoms with Gasteiger partial charge in [-0.2, -0.15) is 0 Å². The summed E-state index contributed by atoms with van der Waals surface area (Å²) in [7, 11) is 0. The molecule has 1 nitrogen and oxygen atoms in total. The summed E-state index contributed by atoms with van der Waals surface area (Å²) >= 11 is 0. The maximum absolute atomic E-state index is 9.12. The smallest absolute Gasteiger partial charge is 0.0497 e. The summed E-state index contributed by atoms with van der Waals surface area (Å²) in [6.45, 7) is 2.35. The van der Waals surface area contributed by atoms with Gasteiger partial charge in [0.15, 0.2) is 0 Å². The molecule has 1 unspecified atom stereocenters. The maximum Gasteiger partial charge on any atom is 0.0497 e. The van der Waals surface area contributed by atoms with E-state index in [0.29, 0.717) is 5.92 Å². The highest BCUT2D eigenvalue weighted by atomic mass is 16.3. The highest BCUT2D eigenvalue weighted by molar-refractivity contribution is 5.40. The summed E-state index contributed by atoms with van der Waals surface area (Å²) in [6.07, 6.45) is 3.71. The van der Waals surface area contributed by atoms with Gasteiger partial charge in [-0.25, -0.2) is 0 Å². The van der Waals surface area contributed by atoms with Gasteiger partial charge in [-0.05, 0) is 36.0 Å². The van der Waals surface area contributed by atoms with E-state index in [2.05, 4.69) is 25.1 Å². The molecule has 1 aromatic rings. The molecule has 0 bridgehead atoms. The van der Waals surface area contributed by atoms with Gasteiger partial charge in [-0.3, -0.25) is 0 Å². The second-order valence-electron chi connectivity index (χ2n) is 3.92. The Bertz CT molecular complexity index is 304. The first-order valence-electron chi connectivity index (χ1n) is 5.04. The van der Waals surface area contributed by atoms with Crippen molar-refractivity contribution in [1.29, 1.82) is 0 Å². The van der Waals surface area contributed by atoms with Crippen LogP contribution in [0.3, 0.4) is 0 Å². The van der Waals surface area contributed by atoms with Gasteiger partial charge in [-0.15, -0.1) is 0 Å². The minimum absolute atomic E-state index is 0.260. The summed E-state index contributed by atoms with van der Waals surface area (Å²) in [4.78, 5) is 0. The number of hydrogen-bond acceptors (Lipinski definition) is 1. The monoisotopic (exact) mass is 176 g/mol. The first-order valence-corrected chi connectivity index (χ1v) is 5.04. The Labute approximate surface area is 79.4 Å². The number of aryl methyl sites for hydroxylation is 1. The lowest BCUT2D eigenvalue weighted by atomic mass is 9.94. The van der Waals surface area contributed by atoms with Crippen molar-refractivity contribution in [1.82, 2.24) is 0 Å². The zero-order valence-corrected chi connectivity index (χ0v) is 8.09. The molecule has 1 N–H and O–H groups in total. The fourth-order valence-electron chi connectivity index (χ4n) is 2.21. The summed E-state index contributed by atoms with van der Waals surface area (Å²) in [5, 5.41) is 9.12. The topological polar surface area (TPSA) is 20.2 Å². The Balaban J connectivity index is 2.41. The molecule has 0 radical (unpaired) electrons. The van der Waals surface area contributed by atoms with E-state index >= 15 is 0 Å². The fourth-order valence-corrected chi connectivity index (χ4v) is 2.21. The molecule has 1 aliphatic rings. The van der Waals surface area contributed by atoms with Crippen molar-refractivity contribution >= 4 is 0 Å². The van der Waals surface area contributed by atoms with Crippen molar-refractivity contribution in [2.24, 2.45) is 0 Å². The Kier molecular flexibility index (Phi) is 2.36. The zero-order chi connectivity index (χ0) is 9.26. The lowest BCUT2D eigenvalue weighted by molar-refractivity contribution is 0.272. The number of rotatable bonds is 2. The van der Waals surface area contributed by atoms with Crippen LogP contribution in [0, 0.1) is 0 Å². The van der Waals surface area contributed by atoms with E-state index in [-0.39, 0.29) is 6.61 Å².